The number of pyridine rings is 1. The molecular formula is C15H14IN3O2. The summed E-state index contributed by atoms with van der Waals surface area (Å²) in [6, 6.07) is 8.65. The number of hydrogen-bond acceptors (Lipinski definition) is 3. The maximum atomic E-state index is 12.1. The summed E-state index contributed by atoms with van der Waals surface area (Å²) < 4.78 is 0.924. The second kappa shape index (κ2) is 7.16. The van der Waals surface area contributed by atoms with Crippen LogP contribution in [0, 0.1) is 3.57 Å². The van der Waals surface area contributed by atoms with Crippen molar-refractivity contribution in [3.63, 3.8) is 0 Å². The summed E-state index contributed by atoms with van der Waals surface area (Å²) in [6.07, 6.45) is 3.08. The van der Waals surface area contributed by atoms with Gasteiger partial charge in [0.1, 0.15) is 0 Å². The van der Waals surface area contributed by atoms with Crippen molar-refractivity contribution in [2.75, 3.05) is 11.9 Å². The van der Waals surface area contributed by atoms with Crippen molar-refractivity contribution >= 4 is 40.1 Å². The smallest absolute Gasteiger partial charge is 0.257 e. The number of benzene rings is 1. The van der Waals surface area contributed by atoms with E-state index in [1.165, 1.54) is 6.20 Å². The van der Waals surface area contributed by atoms with Gasteiger partial charge in [0.05, 0.1) is 16.8 Å². The Morgan fingerprint density at radius 3 is 2.71 bits per heavy atom. The Morgan fingerprint density at radius 1 is 1.24 bits per heavy atom. The van der Waals surface area contributed by atoms with Gasteiger partial charge in [0.15, 0.2) is 0 Å². The summed E-state index contributed by atoms with van der Waals surface area (Å²) in [4.78, 5) is 28.1. The molecule has 0 saturated heterocycles. The third-order valence-electron chi connectivity index (χ3n) is 2.74. The third-order valence-corrected chi connectivity index (χ3v) is 3.41. The molecule has 0 spiro atoms. The number of nitrogens with one attached hydrogen (secondary N) is 2. The number of rotatable bonds is 4. The standard InChI is InChI=1S/C15H14IN3O2/c1-2-18-15(21)12-8-11(16)5-6-13(12)19-14(20)10-4-3-7-17-9-10/h3-9H,2H2,1H3,(H,18,21)(H,19,20). The lowest BCUT2D eigenvalue weighted by Gasteiger charge is -2.11. The lowest BCUT2D eigenvalue weighted by Crippen LogP contribution is -2.25. The molecule has 0 saturated carbocycles. The molecule has 0 aliphatic heterocycles. The average molecular weight is 395 g/mol. The Morgan fingerprint density at radius 2 is 2.05 bits per heavy atom. The van der Waals surface area contributed by atoms with Crippen molar-refractivity contribution in [1.29, 1.82) is 0 Å². The molecule has 2 N–H and O–H groups in total. The van der Waals surface area contributed by atoms with Crippen LogP contribution in [0.1, 0.15) is 27.6 Å². The fourth-order valence-corrected chi connectivity index (χ4v) is 2.25. The SMILES string of the molecule is CCNC(=O)c1cc(I)ccc1NC(=O)c1cccnc1. The number of carbonyl (C=O) groups excluding carboxylic acids is 2. The highest BCUT2D eigenvalue weighted by Crippen LogP contribution is 2.19. The highest BCUT2D eigenvalue weighted by molar-refractivity contribution is 14.1. The van der Waals surface area contributed by atoms with Gasteiger partial charge in [-0.25, -0.2) is 0 Å². The summed E-state index contributed by atoms with van der Waals surface area (Å²) in [5.41, 5.74) is 1.37. The van der Waals surface area contributed by atoms with E-state index in [1.54, 1.807) is 30.5 Å². The molecule has 108 valence electrons. The Balaban J connectivity index is 2.27. The molecule has 0 bridgehead atoms. The third kappa shape index (κ3) is 4.01. The van der Waals surface area contributed by atoms with Crippen LogP contribution in [-0.2, 0) is 0 Å². The zero-order valence-corrected chi connectivity index (χ0v) is 13.5. The van der Waals surface area contributed by atoms with Gasteiger partial charge in [0, 0.05) is 22.5 Å². The van der Waals surface area contributed by atoms with Crippen molar-refractivity contribution in [3.8, 4) is 0 Å². The highest BCUT2D eigenvalue weighted by atomic mass is 127. The van der Waals surface area contributed by atoms with Crippen molar-refractivity contribution < 1.29 is 9.59 Å². The lowest BCUT2D eigenvalue weighted by molar-refractivity contribution is 0.0956. The molecule has 0 aliphatic carbocycles. The number of carbonyl (C=O) groups is 2. The van der Waals surface area contributed by atoms with Crippen LogP contribution >= 0.6 is 22.6 Å². The Hall–Kier alpha value is -1.96. The molecule has 0 radical (unpaired) electrons. The van der Waals surface area contributed by atoms with Gasteiger partial charge in [-0.2, -0.15) is 0 Å². The van der Waals surface area contributed by atoms with E-state index >= 15 is 0 Å². The number of nitrogens with zero attached hydrogens (tertiary/aromatic N) is 1. The van der Waals surface area contributed by atoms with Gasteiger partial charge in [-0.3, -0.25) is 14.6 Å². The molecule has 2 aromatic rings. The number of hydrogen-bond donors (Lipinski definition) is 2. The summed E-state index contributed by atoms with van der Waals surface area (Å²) in [5.74, 6) is -0.507. The first kappa shape index (κ1) is 15.4. The molecule has 1 heterocycles. The number of amides is 2. The molecule has 2 amide bonds. The molecule has 0 fully saturated rings. The van der Waals surface area contributed by atoms with E-state index in [4.69, 9.17) is 0 Å². The molecule has 0 unspecified atom stereocenters. The zero-order chi connectivity index (χ0) is 15.2. The van der Waals surface area contributed by atoms with Crippen molar-refractivity contribution in [2.45, 2.75) is 6.92 Å². The molecule has 21 heavy (non-hydrogen) atoms. The molecular weight excluding hydrogens is 381 g/mol. The second-order valence-corrected chi connectivity index (χ2v) is 5.49. The van der Waals surface area contributed by atoms with E-state index in [0.717, 1.165) is 3.57 Å². The van der Waals surface area contributed by atoms with Crippen LogP contribution in [0.25, 0.3) is 0 Å². The van der Waals surface area contributed by atoms with E-state index in [1.807, 2.05) is 13.0 Å². The van der Waals surface area contributed by atoms with Gasteiger partial charge in [0.2, 0.25) is 0 Å². The van der Waals surface area contributed by atoms with Crippen molar-refractivity contribution in [3.05, 3.63) is 57.4 Å². The number of halogens is 1. The van der Waals surface area contributed by atoms with Crippen LogP contribution in [0.3, 0.4) is 0 Å². The summed E-state index contributed by atoms with van der Waals surface area (Å²) in [6.45, 7) is 2.37. The maximum Gasteiger partial charge on any atom is 0.257 e. The molecule has 0 aliphatic rings. The van der Waals surface area contributed by atoms with Gasteiger partial charge in [-0.1, -0.05) is 0 Å². The normalized spacial score (nSPS) is 10.0. The molecule has 0 atom stereocenters. The highest BCUT2D eigenvalue weighted by Gasteiger charge is 2.14. The van der Waals surface area contributed by atoms with Gasteiger partial charge >= 0.3 is 0 Å². The Kier molecular flexibility index (Phi) is 5.26. The average Bonchev–Trinajstić information content (AvgIpc) is 2.50. The number of aromatic nitrogens is 1. The van der Waals surface area contributed by atoms with Crippen LogP contribution in [0.5, 0.6) is 0 Å². The summed E-state index contributed by atoms with van der Waals surface area (Å²) >= 11 is 2.13. The monoisotopic (exact) mass is 395 g/mol. The predicted octanol–water partition coefficient (Wildman–Crippen LogP) is 2.69. The second-order valence-electron chi connectivity index (χ2n) is 4.25. The topological polar surface area (TPSA) is 71.1 Å². The fourth-order valence-electron chi connectivity index (χ4n) is 1.76. The minimum Gasteiger partial charge on any atom is -0.352 e. The fraction of sp³-hybridized carbons (Fsp3) is 0.133. The quantitative estimate of drug-likeness (QED) is 0.783. The summed E-state index contributed by atoms with van der Waals surface area (Å²) in [5, 5.41) is 5.49. The molecule has 5 nitrogen and oxygen atoms in total. The first-order chi connectivity index (χ1) is 10.1. The van der Waals surface area contributed by atoms with Crippen LogP contribution in [0.15, 0.2) is 42.7 Å². The Bertz CT molecular complexity index is 659. The molecule has 1 aromatic heterocycles. The van der Waals surface area contributed by atoms with Gasteiger partial charge < -0.3 is 10.6 Å². The van der Waals surface area contributed by atoms with E-state index in [-0.39, 0.29) is 11.8 Å². The largest absolute Gasteiger partial charge is 0.352 e. The van der Waals surface area contributed by atoms with E-state index in [0.29, 0.717) is 23.4 Å². The zero-order valence-electron chi connectivity index (χ0n) is 11.4. The summed E-state index contributed by atoms with van der Waals surface area (Å²) in [7, 11) is 0. The van der Waals surface area contributed by atoms with E-state index in [9.17, 15) is 9.59 Å². The minimum atomic E-state index is -0.296. The van der Waals surface area contributed by atoms with E-state index < -0.39 is 0 Å². The van der Waals surface area contributed by atoms with Gasteiger partial charge in [0.25, 0.3) is 11.8 Å². The minimum absolute atomic E-state index is 0.211. The lowest BCUT2D eigenvalue weighted by atomic mass is 10.1. The van der Waals surface area contributed by atoms with Crippen molar-refractivity contribution in [2.24, 2.45) is 0 Å². The van der Waals surface area contributed by atoms with Crippen LogP contribution in [0.2, 0.25) is 0 Å². The first-order valence-electron chi connectivity index (χ1n) is 6.41. The van der Waals surface area contributed by atoms with Gasteiger partial charge in [-0.15, -0.1) is 0 Å². The molecule has 1 aromatic carbocycles. The number of anilines is 1. The first-order valence-corrected chi connectivity index (χ1v) is 7.49. The van der Waals surface area contributed by atoms with E-state index in [2.05, 4.69) is 38.2 Å². The van der Waals surface area contributed by atoms with Crippen LogP contribution in [-0.4, -0.2) is 23.3 Å². The van der Waals surface area contributed by atoms with Crippen molar-refractivity contribution in [1.82, 2.24) is 10.3 Å². The molecule has 2 rings (SSSR count). The predicted molar refractivity (Wildman–Crippen MR) is 89.4 cm³/mol. The van der Waals surface area contributed by atoms with Crippen LogP contribution in [0.4, 0.5) is 5.69 Å². The molecule has 6 heteroatoms. The Labute approximate surface area is 136 Å². The maximum absolute atomic E-state index is 12.1. The van der Waals surface area contributed by atoms with Gasteiger partial charge in [-0.05, 0) is 59.8 Å². The van der Waals surface area contributed by atoms with Crippen LogP contribution < -0.4 is 10.6 Å².